The number of hydrogen-bond acceptors (Lipinski definition) is 7. The van der Waals surface area contributed by atoms with Gasteiger partial charge in [-0.3, -0.25) is 0 Å². The SMILES string of the molecule is Cc1cccc(C(=O)O)c1.OCC(O)CO.OCC(O)CO. The molecule has 0 radical (unpaired) electrons. The van der Waals surface area contributed by atoms with Gasteiger partial charge in [-0.05, 0) is 19.1 Å². The Morgan fingerprint density at radius 2 is 1.36 bits per heavy atom. The number of benzene rings is 1. The number of aromatic carboxylic acids is 1. The first-order valence-electron chi connectivity index (χ1n) is 6.41. The molecule has 0 bridgehead atoms. The second kappa shape index (κ2) is 14.4. The van der Waals surface area contributed by atoms with Gasteiger partial charge in [0.25, 0.3) is 0 Å². The first kappa shape index (κ1) is 22.7. The maximum absolute atomic E-state index is 10.4. The minimum atomic E-state index is -0.954. The number of carboxylic acids is 1. The molecule has 0 aliphatic rings. The van der Waals surface area contributed by atoms with E-state index in [0.717, 1.165) is 5.56 Å². The molecule has 128 valence electrons. The molecule has 8 nitrogen and oxygen atoms in total. The zero-order valence-corrected chi connectivity index (χ0v) is 12.3. The molecule has 0 heterocycles. The van der Waals surface area contributed by atoms with Crippen LogP contribution in [0.2, 0.25) is 0 Å². The smallest absolute Gasteiger partial charge is 0.335 e. The number of aliphatic hydroxyl groups excluding tert-OH is 6. The van der Waals surface area contributed by atoms with E-state index in [1.807, 2.05) is 13.0 Å². The van der Waals surface area contributed by atoms with Crippen LogP contribution in [0.3, 0.4) is 0 Å². The molecule has 0 saturated carbocycles. The standard InChI is InChI=1S/C8H8O2.2C3H8O3/c1-6-3-2-4-7(5-6)8(9)10;2*4-1-3(6)2-5/h2-5H,1H3,(H,9,10);2*3-6H,1-2H2. The lowest BCUT2D eigenvalue weighted by Gasteiger charge is -1.96. The Labute approximate surface area is 128 Å². The summed E-state index contributed by atoms with van der Waals surface area (Å²) in [4.78, 5) is 10.4. The molecule has 1 rings (SSSR count). The van der Waals surface area contributed by atoms with Crippen molar-refractivity contribution in [2.75, 3.05) is 26.4 Å². The van der Waals surface area contributed by atoms with Gasteiger partial charge in [-0.2, -0.15) is 0 Å². The van der Waals surface area contributed by atoms with Crippen molar-refractivity contribution in [3.05, 3.63) is 35.4 Å². The van der Waals surface area contributed by atoms with E-state index in [-0.39, 0.29) is 26.4 Å². The minimum absolute atomic E-state index is 0.347. The lowest BCUT2D eigenvalue weighted by atomic mass is 10.1. The highest BCUT2D eigenvalue weighted by Gasteiger charge is 1.99. The predicted octanol–water partition coefficient (Wildman–Crippen LogP) is -1.64. The van der Waals surface area contributed by atoms with Gasteiger partial charge >= 0.3 is 5.97 Å². The third-order valence-corrected chi connectivity index (χ3v) is 2.11. The number of carboxylic acid groups (broad SMARTS) is 1. The highest BCUT2D eigenvalue weighted by molar-refractivity contribution is 5.87. The van der Waals surface area contributed by atoms with Crippen molar-refractivity contribution in [3.8, 4) is 0 Å². The molecule has 0 spiro atoms. The summed E-state index contributed by atoms with van der Waals surface area (Å²) >= 11 is 0. The Hall–Kier alpha value is -1.55. The van der Waals surface area contributed by atoms with Gasteiger partial charge in [-0.1, -0.05) is 17.7 Å². The average molecular weight is 320 g/mol. The quantitative estimate of drug-likeness (QED) is 0.340. The van der Waals surface area contributed by atoms with Crippen LogP contribution in [0.5, 0.6) is 0 Å². The molecule has 0 unspecified atom stereocenters. The summed E-state index contributed by atoms with van der Waals surface area (Å²) in [6.45, 7) is 0.409. The third kappa shape index (κ3) is 13.4. The van der Waals surface area contributed by atoms with E-state index in [1.54, 1.807) is 18.2 Å². The summed E-state index contributed by atoms with van der Waals surface area (Å²) in [7, 11) is 0. The van der Waals surface area contributed by atoms with Crippen molar-refractivity contribution in [1.29, 1.82) is 0 Å². The molecule has 0 atom stereocenters. The van der Waals surface area contributed by atoms with Crippen molar-refractivity contribution in [2.45, 2.75) is 19.1 Å². The highest BCUT2D eigenvalue weighted by Crippen LogP contribution is 2.02. The molecule has 1 aromatic rings. The molecule has 0 aliphatic carbocycles. The summed E-state index contributed by atoms with van der Waals surface area (Å²) in [6.07, 6.45) is -1.91. The Kier molecular flexibility index (Phi) is 14.9. The summed E-state index contributed by atoms with van der Waals surface area (Å²) in [6, 6.07) is 6.82. The Morgan fingerprint density at radius 1 is 0.955 bits per heavy atom. The average Bonchev–Trinajstić information content (AvgIpc) is 2.54. The number of carbonyl (C=O) groups is 1. The first-order chi connectivity index (χ1) is 10.3. The monoisotopic (exact) mass is 320 g/mol. The van der Waals surface area contributed by atoms with Crippen LogP contribution in [0.1, 0.15) is 15.9 Å². The third-order valence-electron chi connectivity index (χ3n) is 2.11. The fourth-order valence-corrected chi connectivity index (χ4v) is 0.894. The fraction of sp³-hybridized carbons (Fsp3) is 0.500. The molecule has 1 aromatic carbocycles. The normalized spacial score (nSPS) is 9.68. The maximum Gasteiger partial charge on any atom is 0.335 e. The van der Waals surface area contributed by atoms with E-state index in [0.29, 0.717) is 5.56 Å². The molecule has 0 aromatic heterocycles. The van der Waals surface area contributed by atoms with Crippen LogP contribution in [0.25, 0.3) is 0 Å². The number of aryl methyl sites for hydroxylation is 1. The van der Waals surface area contributed by atoms with Crippen LogP contribution >= 0.6 is 0 Å². The van der Waals surface area contributed by atoms with E-state index in [1.165, 1.54) is 0 Å². The molecular formula is C14H24O8. The van der Waals surface area contributed by atoms with Crippen LogP contribution < -0.4 is 0 Å². The Balaban J connectivity index is 0. The van der Waals surface area contributed by atoms with Gasteiger partial charge in [0.1, 0.15) is 12.2 Å². The minimum Gasteiger partial charge on any atom is -0.478 e. The topological polar surface area (TPSA) is 159 Å². The van der Waals surface area contributed by atoms with Crippen molar-refractivity contribution in [2.24, 2.45) is 0 Å². The zero-order chi connectivity index (χ0) is 17.5. The van der Waals surface area contributed by atoms with Gasteiger partial charge in [0.2, 0.25) is 0 Å². The van der Waals surface area contributed by atoms with Gasteiger partial charge in [0.15, 0.2) is 0 Å². The fourth-order valence-electron chi connectivity index (χ4n) is 0.894. The first-order valence-corrected chi connectivity index (χ1v) is 6.41. The summed E-state index contributed by atoms with van der Waals surface area (Å²) in [5, 5.41) is 56.5. The van der Waals surface area contributed by atoms with Crippen molar-refractivity contribution < 1.29 is 40.5 Å². The number of rotatable bonds is 5. The molecule has 0 aliphatic heterocycles. The lowest BCUT2D eigenvalue weighted by Crippen LogP contribution is -2.15. The molecular weight excluding hydrogens is 296 g/mol. The largest absolute Gasteiger partial charge is 0.478 e. The van der Waals surface area contributed by atoms with Crippen LogP contribution in [0, 0.1) is 6.92 Å². The van der Waals surface area contributed by atoms with Crippen LogP contribution in [-0.4, -0.2) is 80.4 Å². The summed E-state index contributed by atoms with van der Waals surface area (Å²) in [5.74, 6) is -0.872. The number of aliphatic hydroxyl groups is 6. The van der Waals surface area contributed by atoms with Gasteiger partial charge in [-0.15, -0.1) is 0 Å². The predicted molar refractivity (Wildman–Crippen MR) is 78.5 cm³/mol. The molecule has 22 heavy (non-hydrogen) atoms. The second-order valence-corrected chi connectivity index (χ2v) is 4.21. The maximum atomic E-state index is 10.4. The van der Waals surface area contributed by atoms with Gasteiger partial charge < -0.3 is 35.7 Å². The van der Waals surface area contributed by atoms with E-state index in [4.69, 9.17) is 35.7 Å². The number of hydrogen-bond donors (Lipinski definition) is 7. The van der Waals surface area contributed by atoms with E-state index >= 15 is 0 Å². The molecule has 8 heteroatoms. The lowest BCUT2D eigenvalue weighted by molar-refractivity contribution is 0.0450. The van der Waals surface area contributed by atoms with Crippen molar-refractivity contribution in [1.82, 2.24) is 0 Å². The van der Waals surface area contributed by atoms with Gasteiger partial charge in [-0.25, -0.2) is 4.79 Å². The molecule has 0 amide bonds. The summed E-state index contributed by atoms with van der Waals surface area (Å²) in [5.41, 5.74) is 1.32. The van der Waals surface area contributed by atoms with E-state index < -0.39 is 18.2 Å². The Morgan fingerprint density at radius 3 is 1.55 bits per heavy atom. The van der Waals surface area contributed by atoms with E-state index in [9.17, 15) is 4.79 Å². The van der Waals surface area contributed by atoms with Gasteiger partial charge in [0, 0.05) is 0 Å². The van der Waals surface area contributed by atoms with Crippen molar-refractivity contribution in [3.63, 3.8) is 0 Å². The highest BCUT2D eigenvalue weighted by atomic mass is 16.4. The Bertz CT molecular complexity index is 378. The van der Waals surface area contributed by atoms with E-state index in [2.05, 4.69) is 0 Å². The van der Waals surface area contributed by atoms with Gasteiger partial charge in [0.05, 0.1) is 32.0 Å². The zero-order valence-electron chi connectivity index (χ0n) is 12.3. The van der Waals surface area contributed by atoms with Crippen LogP contribution in [-0.2, 0) is 0 Å². The molecule has 7 N–H and O–H groups in total. The second-order valence-electron chi connectivity index (χ2n) is 4.21. The van der Waals surface area contributed by atoms with Crippen LogP contribution in [0.4, 0.5) is 0 Å². The van der Waals surface area contributed by atoms with Crippen molar-refractivity contribution >= 4 is 5.97 Å². The molecule has 0 saturated heterocycles. The molecule has 0 fully saturated rings. The van der Waals surface area contributed by atoms with Crippen LogP contribution in [0.15, 0.2) is 24.3 Å². The summed E-state index contributed by atoms with van der Waals surface area (Å²) < 4.78 is 0.